The highest BCUT2D eigenvalue weighted by Gasteiger charge is 2.15. The summed E-state index contributed by atoms with van der Waals surface area (Å²) in [6.45, 7) is 0.338. The van der Waals surface area contributed by atoms with E-state index in [4.69, 9.17) is 44.2 Å². The number of halogens is 2. The lowest BCUT2D eigenvalue weighted by Gasteiger charge is -2.16. The van der Waals surface area contributed by atoms with Crippen molar-refractivity contribution in [1.82, 2.24) is 14.1 Å². The zero-order valence-electron chi connectivity index (χ0n) is 18.2. The van der Waals surface area contributed by atoms with E-state index in [1.807, 2.05) is 12.1 Å². The van der Waals surface area contributed by atoms with Crippen molar-refractivity contribution < 1.29 is 9.57 Å². The molecule has 0 atom stereocenters. The first kappa shape index (κ1) is 24.9. The zero-order chi connectivity index (χ0) is 24.7. The summed E-state index contributed by atoms with van der Waals surface area (Å²) in [5.41, 5.74) is 10.5. The average molecular weight is 508 g/mol. The van der Waals surface area contributed by atoms with Gasteiger partial charge >= 0.3 is 11.4 Å². The molecule has 0 unspecified atom stereocenters. The number of anilines is 1. The first-order chi connectivity index (χ1) is 16.3. The molecule has 0 spiro atoms. The van der Waals surface area contributed by atoms with E-state index in [0.717, 1.165) is 10.1 Å². The maximum Gasteiger partial charge on any atom is 0.355 e. The van der Waals surface area contributed by atoms with Crippen molar-refractivity contribution >= 4 is 35.1 Å². The van der Waals surface area contributed by atoms with Gasteiger partial charge in [-0.15, -0.1) is 0 Å². The van der Waals surface area contributed by atoms with Crippen LogP contribution in [0.1, 0.15) is 11.1 Å². The zero-order valence-corrected chi connectivity index (χ0v) is 19.7. The second kappa shape index (κ2) is 11.4. The van der Waals surface area contributed by atoms with E-state index in [1.54, 1.807) is 37.4 Å². The molecule has 3 aromatic rings. The van der Waals surface area contributed by atoms with Gasteiger partial charge < -0.3 is 26.4 Å². The predicted octanol–water partition coefficient (Wildman–Crippen LogP) is 1.43. The van der Waals surface area contributed by atoms with Crippen LogP contribution in [0.2, 0.25) is 10.0 Å². The molecule has 0 aliphatic heterocycles. The molecule has 0 aliphatic rings. The van der Waals surface area contributed by atoms with E-state index in [9.17, 15) is 9.59 Å². The molecule has 180 valence electrons. The Morgan fingerprint density at radius 2 is 1.68 bits per heavy atom. The van der Waals surface area contributed by atoms with E-state index in [1.165, 1.54) is 4.57 Å². The number of benzene rings is 2. The van der Waals surface area contributed by atoms with Crippen LogP contribution < -0.4 is 32.9 Å². The van der Waals surface area contributed by atoms with Gasteiger partial charge in [0.25, 0.3) is 0 Å². The number of oxime groups is 1. The fourth-order valence-corrected chi connectivity index (χ4v) is 3.64. The Bertz CT molecular complexity index is 1270. The minimum absolute atomic E-state index is 0.0541. The molecular weight excluding hydrogens is 485 g/mol. The topological polar surface area (TPSA) is 152 Å². The van der Waals surface area contributed by atoms with Gasteiger partial charge in [-0.3, -0.25) is 4.57 Å². The fourth-order valence-electron chi connectivity index (χ4n) is 3.07. The first-order valence-electron chi connectivity index (χ1n) is 10.0. The number of nitrogens with zero attached hydrogens (tertiary/aromatic N) is 4. The Morgan fingerprint density at radius 3 is 2.29 bits per heavy atom. The molecule has 0 radical (unpaired) electrons. The molecule has 0 bridgehead atoms. The minimum atomic E-state index is -0.736. The Balaban J connectivity index is 1.96. The van der Waals surface area contributed by atoms with Crippen molar-refractivity contribution in [1.29, 1.82) is 0 Å². The van der Waals surface area contributed by atoms with Crippen molar-refractivity contribution in [3.63, 3.8) is 0 Å². The highest BCUT2D eigenvalue weighted by molar-refractivity contribution is 6.34. The summed E-state index contributed by atoms with van der Waals surface area (Å²) in [6, 6.07) is 12.0. The van der Waals surface area contributed by atoms with Crippen LogP contribution >= 0.6 is 23.2 Å². The Labute approximate surface area is 204 Å². The quantitative estimate of drug-likeness (QED) is 0.161. The standard InChI is InChI=1S/C21H23Cl2N7O4/c1-33-17-4-2-13(3-5-17)11-29-19(26-6-7-34-28-18(24)25)27-20(31)30(21(29)32)12-14-8-15(22)10-16(23)9-14/h2-5,8-10H,6-7,11-12H2,1H3,(H4,24,25,28)(H,26,27,31). The molecule has 2 aromatic carbocycles. The Morgan fingerprint density at radius 1 is 1.03 bits per heavy atom. The van der Waals surface area contributed by atoms with Gasteiger partial charge in [-0.25, -0.2) is 14.2 Å². The normalized spacial score (nSPS) is 10.6. The number of nitrogens with one attached hydrogen (secondary N) is 1. The molecule has 13 heteroatoms. The van der Waals surface area contributed by atoms with Crippen LogP contribution in [0.15, 0.2) is 57.2 Å². The first-order valence-corrected chi connectivity index (χ1v) is 10.8. The molecule has 0 fully saturated rings. The lowest BCUT2D eigenvalue weighted by Crippen LogP contribution is -2.43. The van der Waals surface area contributed by atoms with E-state index in [-0.39, 0.29) is 38.1 Å². The maximum atomic E-state index is 13.4. The van der Waals surface area contributed by atoms with Crippen LogP contribution in [-0.2, 0) is 17.9 Å². The molecule has 0 aliphatic carbocycles. The van der Waals surface area contributed by atoms with Crippen molar-refractivity contribution in [3.05, 3.63) is 84.6 Å². The van der Waals surface area contributed by atoms with Crippen LogP contribution in [0.25, 0.3) is 0 Å². The molecule has 1 heterocycles. The summed E-state index contributed by atoms with van der Waals surface area (Å²) >= 11 is 12.1. The van der Waals surface area contributed by atoms with Crippen LogP contribution in [-0.4, -0.2) is 40.3 Å². The van der Waals surface area contributed by atoms with Gasteiger partial charge in [-0.05, 0) is 46.6 Å². The van der Waals surface area contributed by atoms with Gasteiger partial charge in [-0.1, -0.05) is 35.3 Å². The van der Waals surface area contributed by atoms with Crippen LogP contribution in [0, 0.1) is 0 Å². The number of aromatic nitrogens is 3. The molecule has 0 saturated heterocycles. The SMILES string of the molecule is COc1ccc(Cn2c(NCCON=C(N)N)nc(=O)n(Cc3cc(Cl)cc(Cl)c3)c2=O)cc1. The Kier molecular flexibility index (Phi) is 8.39. The number of nitrogens with two attached hydrogens (primary N) is 2. The van der Waals surface area contributed by atoms with Gasteiger partial charge in [0.2, 0.25) is 11.9 Å². The number of guanidine groups is 1. The lowest BCUT2D eigenvalue weighted by molar-refractivity contribution is 0.154. The fraction of sp³-hybridized carbons (Fsp3) is 0.238. The molecule has 0 amide bonds. The third-order valence-corrected chi connectivity index (χ3v) is 5.00. The monoisotopic (exact) mass is 507 g/mol. The lowest BCUT2D eigenvalue weighted by atomic mass is 10.2. The molecule has 5 N–H and O–H groups in total. The summed E-state index contributed by atoms with van der Waals surface area (Å²) in [5, 5.41) is 7.11. The smallest absolute Gasteiger partial charge is 0.355 e. The largest absolute Gasteiger partial charge is 0.497 e. The van der Waals surface area contributed by atoms with Crippen molar-refractivity contribution in [3.8, 4) is 5.75 Å². The summed E-state index contributed by atoms with van der Waals surface area (Å²) in [6.07, 6.45) is 0. The summed E-state index contributed by atoms with van der Waals surface area (Å²) < 4.78 is 7.53. The van der Waals surface area contributed by atoms with Crippen LogP contribution in [0.3, 0.4) is 0 Å². The molecule has 34 heavy (non-hydrogen) atoms. The van der Waals surface area contributed by atoms with E-state index < -0.39 is 11.4 Å². The van der Waals surface area contributed by atoms with Crippen molar-refractivity contribution in [2.45, 2.75) is 13.1 Å². The summed E-state index contributed by atoms with van der Waals surface area (Å²) in [7, 11) is 1.56. The minimum Gasteiger partial charge on any atom is -0.497 e. The molecular formula is C21H23Cl2N7O4. The predicted molar refractivity (Wildman–Crippen MR) is 131 cm³/mol. The van der Waals surface area contributed by atoms with Crippen molar-refractivity contribution in [2.24, 2.45) is 16.6 Å². The second-order valence-corrected chi connectivity index (χ2v) is 7.95. The van der Waals surface area contributed by atoms with E-state index in [0.29, 0.717) is 21.4 Å². The average Bonchev–Trinajstić information content (AvgIpc) is 2.78. The van der Waals surface area contributed by atoms with Gasteiger partial charge in [0.1, 0.15) is 12.4 Å². The van der Waals surface area contributed by atoms with Gasteiger partial charge in [0.05, 0.1) is 26.7 Å². The number of methoxy groups -OCH3 is 1. The second-order valence-electron chi connectivity index (χ2n) is 7.07. The van der Waals surface area contributed by atoms with Gasteiger partial charge in [-0.2, -0.15) is 4.98 Å². The molecule has 1 aromatic heterocycles. The highest BCUT2D eigenvalue weighted by atomic mass is 35.5. The number of ether oxygens (including phenoxy) is 1. The Hall–Kier alpha value is -3.70. The third-order valence-electron chi connectivity index (χ3n) is 4.56. The number of hydrogen-bond donors (Lipinski definition) is 3. The molecule has 0 saturated carbocycles. The third kappa shape index (κ3) is 6.65. The maximum absolute atomic E-state index is 13.4. The molecule has 11 nitrogen and oxygen atoms in total. The van der Waals surface area contributed by atoms with Gasteiger partial charge in [0, 0.05) is 10.0 Å². The number of rotatable bonds is 10. The van der Waals surface area contributed by atoms with Crippen LogP contribution in [0.5, 0.6) is 5.75 Å². The molecule has 3 rings (SSSR count). The van der Waals surface area contributed by atoms with Crippen LogP contribution in [0.4, 0.5) is 5.95 Å². The van der Waals surface area contributed by atoms with E-state index in [2.05, 4.69) is 15.5 Å². The van der Waals surface area contributed by atoms with E-state index >= 15 is 0 Å². The highest BCUT2D eigenvalue weighted by Crippen LogP contribution is 2.19. The van der Waals surface area contributed by atoms with Crippen molar-refractivity contribution in [2.75, 3.05) is 25.6 Å². The summed E-state index contributed by atoms with van der Waals surface area (Å²) in [5.74, 6) is 0.519. The number of hydrogen-bond acceptors (Lipinski definition) is 7. The summed E-state index contributed by atoms with van der Waals surface area (Å²) in [4.78, 5) is 35.1. The van der Waals surface area contributed by atoms with Gasteiger partial charge in [0.15, 0.2) is 0 Å².